The van der Waals surface area contributed by atoms with Crippen LogP contribution in [-0.4, -0.2) is 17.0 Å². The van der Waals surface area contributed by atoms with Crippen LogP contribution in [-0.2, 0) is 4.74 Å². The first-order chi connectivity index (χ1) is 7.06. The van der Waals surface area contributed by atoms with Gasteiger partial charge in [0.2, 0.25) is 0 Å². The summed E-state index contributed by atoms with van der Waals surface area (Å²) in [5.41, 5.74) is 4.16. The van der Waals surface area contributed by atoms with Gasteiger partial charge >= 0.3 is 5.97 Å². The molecule has 0 radical (unpaired) electrons. The van der Waals surface area contributed by atoms with Crippen molar-refractivity contribution in [3.8, 4) is 0 Å². The molecule has 0 atom stereocenters. The molecule has 82 valence electrons. The molecule has 1 aromatic carbocycles. The molecule has 0 heterocycles. The number of rotatable bonds is 3. The molecule has 0 aliphatic carbocycles. The van der Waals surface area contributed by atoms with Gasteiger partial charge in [0.05, 0.1) is 5.56 Å². The average Bonchev–Trinajstić information content (AvgIpc) is 2.21. The molecule has 0 saturated heterocycles. The van der Waals surface area contributed by atoms with Crippen LogP contribution in [0.1, 0.15) is 27.0 Å². The number of carbonyl (C=O) groups is 1. The molecule has 0 N–H and O–H groups in total. The van der Waals surface area contributed by atoms with Gasteiger partial charge in [0.1, 0.15) is 6.61 Å². The molecule has 3 heteroatoms. The van der Waals surface area contributed by atoms with Gasteiger partial charge in [0.15, 0.2) is 0 Å². The van der Waals surface area contributed by atoms with Crippen LogP contribution in [0.4, 0.5) is 0 Å². The number of ether oxygens (including phenoxy) is 1. The molecule has 1 aromatic rings. The van der Waals surface area contributed by atoms with Crippen LogP contribution in [0.3, 0.4) is 0 Å². The fourth-order valence-corrected chi connectivity index (χ4v) is 1.59. The number of aryl methyl sites for hydroxylation is 2. The van der Waals surface area contributed by atoms with Crippen LogP contribution in [0, 0.1) is 20.8 Å². The van der Waals surface area contributed by atoms with Gasteiger partial charge in [-0.05, 0) is 49.6 Å². The summed E-state index contributed by atoms with van der Waals surface area (Å²) in [6.45, 7) is 6.56. The second kappa shape index (κ2) is 5.49. The minimum atomic E-state index is -0.224. The van der Waals surface area contributed by atoms with Crippen LogP contribution in [0.25, 0.3) is 0 Å². The van der Waals surface area contributed by atoms with Crippen molar-refractivity contribution in [3.63, 3.8) is 0 Å². The normalized spacial score (nSPS) is 10.1. The Kier molecular flexibility index (Phi) is 4.57. The third-order valence-corrected chi connectivity index (χ3v) is 2.91. The first-order valence-electron chi connectivity index (χ1n) is 4.87. The number of hydrogen-bond acceptors (Lipinski definition) is 2. The summed E-state index contributed by atoms with van der Waals surface area (Å²) < 4.78 is 5.91. The number of hydrogen-bond donors (Lipinski definition) is 0. The van der Waals surface area contributed by atoms with Crippen molar-refractivity contribution < 1.29 is 9.53 Å². The minimum absolute atomic E-state index is 0.224. The quantitative estimate of drug-likeness (QED) is 0.486. The van der Waals surface area contributed by atoms with Gasteiger partial charge in [-0.3, -0.25) is 0 Å². The van der Waals surface area contributed by atoms with Crippen molar-refractivity contribution in [2.24, 2.45) is 0 Å². The van der Waals surface area contributed by atoms with Crippen LogP contribution in [0.15, 0.2) is 12.1 Å². The van der Waals surface area contributed by atoms with Crippen LogP contribution in [0.2, 0.25) is 0 Å². The van der Waals surface area contributed by atoms with E-state index < -0.39 is 0 Å². The summed E-state index contributed by atoms with van der Waals surface area (Å²) in [5.74, 6) is -0.224. The van der Waals surface area contributed by atoms with E-state index in [4.69, 9.17) is 4.74 Å². The van der Waals surface area contributed by atoms with E-state index in [1.54, 1.807) is 0 Å². The molecule has 0 spiro atoms. The summed E-state index contributed by atoms with van der Waals surface area (Å²) in [6, 6.07) is 3.77. The molecule has 1 rings (SSSR count). The summed E-state index contributed by atoms with van der Waals surface area (Å²) in [4.78, 5) is 11.6. The molecule has 15 heavy (non-hydrogen) atoms. The van der Waals surface area contributed by atoms with E-state index in [0.717, 1.165) is 15.6 Å². The van der Waals surface area contributed by atoms with Gasteiger partial charge in [0, 0.05) is 4.43 Å². The average molecular weight is 318 g/mol. The summed E-state index contributed by atoms with van der Waals surface area (Å²) in [7, 11) is 0. The fraction of sp³-hybridized carbons (Fsp3) is 0.417. The Morgan fingerprint density at radius 1 is 1.27 bits per heavy atom. The topological polar surface area (TPSA) is 26.3 Å². The Labute approximate surface area is 104 Å². The largest absolute Gasteiger partial charge is 0.461 e. The molecule has 0 amide bonds. The van der Waals surface area contributed by atoms with E-state index in [1.165, 1.54) is 5.56 Å². The highest BCUT2D eigenvalue weighted by Gasteiger charge is 2.09. The zero-order valence-corrected chi connectivity index (χ0v) is 11.4. The number of esters is 1. The molecule has 0 bridgehead atoms. The lowest BCUT2D eigenvalue weighted by Gasteiger charge is -2.08. The molecule has 0 unspecified atom stereocenters. The lowest BCUT2D eigenvalue weighted by molar-refractivity contribution is 0.0532. The fourth-order valence-electron chi connectivity index (χ4n) is 1.37. The highest BCUT2D eigenvalue weighted by Crippen LogP contribution is 2.16. The van der Waals surface area contributed by atoms with Crippen molar-refractivity contribution in [2.45, 2.75) is 20.8 Å². The highest BCUT2D eigenvalue weighted by molar-refractivity contribution is 14.1. The Morgan fingerprint density at radius 2 is 1.80 bits per heavy atom. The maximum Gasteiger partial charge on any atom is 0.338 e. The SMILES string of the molecule is Cc1cc(C(=O)OCCI)cc(C)c1C. The Bertz CT molecular complexity index is 349. The first kappa shape index (κ1) is 12.5. The van der Waals surface area contributed by atoms with Gasteiger partial charge in [-0.25, -0.2) is 4.79 Å². The van der Waals surface area contributed by atoms with E-state index in [0.29, 0.717) is 12.2 Å². The third kappa shape index (κ3) is 3.19. The van der Waals surface area contributed by atoms with Crippen LogP contribution in [0.5, 0.6) is 0 Å². The Balaban J connectivity index is 2.91. The van der Waals surface area contributed by atoms with Gasteiger partial charge in [-0.1, -0.05) is 22.6 Å². The van der Waals surface area contributed by atoms with Crippen LogP contribution < -0.4 is 0 Å². The maximum absolute atomic E-state index is 11.6. The van der Waals surface area contributed by atoms with Crippen molar-refractivity contribution in [1.29, 1.82) is 0 Å². The molecule has 2 nitrogen and oxygen atoms in total. The van der Waals surface area contributed by atoms with E-state index in [-0.39, 0.29) is 5.97 Å². The van der Waals surface area contributed by atoms with Gasteiger partial charge in [-0.2, -0.15) is 0 Å². The number of benzene rings is 1. The Hall–Kier alpha value is -0.580. The lowest BCUT2D eigenvalue weighted by atomic mass is 10.0. The predicted molar refractivity (Wildman–Crippen MR) is 69.8 cm³/mol. The standard InChI is InChI=1S/C12H15IO2/c1-8-6-11(7-9(2)10(8)3)12(14)15-5-4-13/h6-7H,4-5H2,1-3H3. The zero-order valence-electron chi connectivity index (χ0n) is 9.26. The highest BCUT2D eigenvalue weighted by atomic mass is 127. The number of carbonyl (C=O) groups excluding carboxylic acids is 1. The molecular weight excluding hydrogens is 303 g/mol. The van der Waals surface area contributed by atoms with E-state index in [1.807, 2.05) is 26.0 Å². The van der Waals surface area contributed by atoms with E-state index in [9.17, 15) is 4.79 Å². The predicted octanol–water partition coefficient (Wildman–Crippen LogP) is 3.20. The molecule has 0 saturated carbocycles. The molecule has 0 aliphatic heterocycles. The lowest BCUT2D eigenvalue weighted by Crippen LogP contribution is -2.08. The summed E-state index contributed by atoms with van der Waals surface area (Å²) in [5, 5.41) is 0. The van der Waals surface area contributed by atoms with Crippen molar-refractivity contribution in [1.82, 2.24) is 0 Å². The third-order valence-electron chi connectivity index (χ3n) is 2.47. The van der Waals surface area contributed by atoms with Gasteiger partial charge in [-0.15, -0.1) is 0 Å². The van der Waals surface area contributed by atoms with Crippen molar-refractivity contribution in [2.75, 3.05) is 11.0 Å². The molecular formula is C12H15IO2. The minimum Gasteiger partial charge on any atom is -0.461 e. The maximum atomic E-state index is 11.6. The first-order valence-corrected chi connectivity index (χ1v) is 6.39. The van der Waals surface area contributed by atoms with Gasteiger partial charge < -0.3 is 4.74 Å². The monoisotopic (exact) mass is 318 g/mol. The molecule has 0 fully saturated rings. The second-order valence-corrected chi connectivity index (χ2v) is 4.64. The van der Waals surface area contributed by atoms with E-state index in [2.05, 4.69) is 29.5 Å². The Morgan fingerprint density at radius 3 is 2.27 bits per heavy atom. The van der Waals surface area contributed by atoms with Gasteiger partial charge in [0.25, 0.3) is 0 Å². The number of alkyl halides is 1. The molecule has 0 aromatic heterocycles. The summed E-state index contributed by atoms with van der Waals surface area (Å²) >= 11 is 2.18. The van der Waals surface area contributed by atoms with E-state index >= 15 is 0 Å². The zero-order chi connectivity index (χ0) is 11.4. The van der Waals surface area contributed by atoms with Crippen molar-refractivity contribution in [3.05, 3.63) is 34.4 Å². The second-order valence-electron chi connectivity index (χ2n) is 3.56. The smallest absolute Gasteiger partial charge is 0.338 e. The molecule has 0 aliphatic rings. The summed E-state index contributed by atoms with van der Waals surface area (Å²) in [6.07, 6.45) is 0. The number of halogens is 1. The van der Waals surface area contributed by atoms with Crippen molar-refractivity contribution >= 4 is 28.6 Å². The van der Waals surface area contributed by atoms with Crippen LogP contribution >= 0.6 is 22.6 Å².